The van der Waals surface area contributed by atoms with Crippen molar-refractivity contribution in [3.63, 3.8) is 0 Å². The molecule has 128 valence electrons. The zero-order valence-corrected chi connectivity index (χ0v) is 13.3. The van der Waals surface area contributed by atoms with Crippen LogP contribution in [0.1, 0.15) is 5.56 Å². The average Bonchev–Trinajstić information content (AvgIpc) is 3.17. The second-order valence-electron chi connectivity index (χ2n) is 5.46. The molecule has 26 heavy (non-hydrogen) atoms. The molecule has 4 aromatic rings. The molecule has 0 aliphatic heterocycles. The Kier molecular flexibility index (Phi) is 3.77. The molecule has 7 nitrogen and oxygen atoms in total. The highest BCUT2D eigenvalue weighted by molar-refractivity contribution is 6.01. The van der Waals surface area contributed by atoms with Gasteiger partial charge in [0, 0.05) is 10.8 Å². The van der Waals surface area contributed by atoms with Gasteiger partial charge in [0.1, 0.15) is 18.5 Å². The largest absolute Gasteiger partial charge is 0.494 e. The summed E-state index contributed by atoms with van der Waals surface area (Å²) in [5.74, 6) is -1.03. The summed E-state index contributed by atoms with van der Waals surface area (Å²) in [7, 11) is 0. The highest BCUT2D eigenvalue weighted by Gasteiger charge is 2.18. The fourth-order valence-electron chi connectivity index (χ4n) is 2.73. The normalized spacial score (nSPS) is 11.4. The molecule has 0 fully saturated rings. The summed E-state index contributed by atoms with van der Waals surface area (Å²) >= 11 is 0. The maximum Gasteiger partial charge on any atom is 0.265 e. The third-order valence-electron chi connectivity index (χ3n) is 3.92. The summed E-state index contributed by atoms with van der Waals surface area (Å²) in [6.45, 7) is 0. The molecule has 2 aromatic heterocycles. The molecule has 1 N–H and O–H groups in total. The van der Waals surface area contributed by atoms with E-state index in [4.69, 9.17) is 0 Å². The van der Waals surface area contributed by atoms with Gasteiger partial charge in [0.25, 0.3) is 5.56 Å². The topological polar surface area (TPSA) is 85.3 Å². The Morgan fingerprint density at radius 3 is 2.38 bits per heavy atom. The van der Waals surface area contributed by atoms with Gasteiger partial charge in [-0.05, 0) is 18.2 Å². The molecular formula is C18H12FN5O2. The van der Waals surface area contributed by atoms with Crippen LogP contribution < -0.4 is 5.56 Å². The first-order chi connectivity index (χ1) is 12.7. The predicted octanol–water partition coefficient (Wildman–Crippen LogP) is 2.31. The zero-order chi connectivity index (χ0) is 18.1. The Morgan fingerprint density at radius 1 is 1.00 bits per heavy atom. The van der Waals surface area contributed by atoms with Gasteiger partial charge in [-0.15, -0.1) is 10.2 Å². The van der Waals surface area contributed by atoms with Gasteiger partial charge in [-0.25, -0.2) is 13.6 Å². The summed E-state index contributed by atoms with van der Waals surface area (Å²) in [4.78, 5) is 12.9. The zero-order valence-electron chi connectivity index (χ0n) is 13.3. The van der Waals surface area contributed by atoms with Crippen LogP contribution in [-0.2, 0) is 0 Å². The minimum atomic E-state index is -0.623. The quantitative estimate of drug-likeness (QED) is 0.575. The number of aromatic nitrogens is 4. The number of nitrogens with zero attached hydrogens (tertiary/aromatic N) is 5. The van der Waals surface area contributed by atoms with Crippen molar-refractivity contribution in [3.8, 4) is 11.6 Å². The first-order valence-electron chi connectivity index (χ1n) is 7.67. The molecule has 0 saturated carbocycles. The lowest BCUT2D eigenvalue weighted by molar-refractivity contribution is 0.433. The minimum Gasteiger partial charge on any atom is -0.494 e. The third kappa shape index (κ3) is 2.53. The highest BCUT2D eigenvalue weighted by Crippen LogP contribution is 2.26. The molecule has 2 heterocycles. The SMILES string of the molecule is O=c1c2ccccc2c(/C=N/n2cnnc2)c(O)n1-c1ccccc1F. The van der Waals surface area contributed by atoms with Crippen molar-refractivity contribution >= 4 is 17.0 Å². The molecule has 0 saturated heterocycles. The number of hydrogen-bond donors (Lipinski definition) is 1. The van der Waals surface area contributed by atoms with Crippen molar-refractivity contribution < 1.29 is 9.50 Å². The lowest BCUT2D eigenvalue weighted by Crippen LogP contribution is -2.21. The second kappa shape index (κ2) is 6.25. The Bertz CT molecular complexity index is 1180. The second-order valence-corrected chi connectivity index (χ2v) is 5.46. The van der Waals surface area contributed by atoms with E-state index in [0.29, 0.717) is 10.8 Å². The van der Waals surface area contributed by atoms with Gasteiger partial charge in [-0.1, -0.05) is 30.3 Å². The van der Waals surface area contributed by atoms with E-state index in [1.807, 2.05) is 0 Å². The van der Waals surface area contributed by atoms with Crippen LogP contribution in [0.4, 0.5) is 4.39 Å². The van der Waals surface area contributed by atoms with Crippen molar-refractivity contribution in [1.29, 1.82) is 0 Å². The Hall–Kier alpha value is -3.81. The standard InChI is InChI=1S/C18H12FN5O2/c19-15-7-3-4-8-16(15)24-17(25)13-6-2-1-5-12(13)14(18(24)26)9-22-23-10-20-21-11-23/h1-11,26H/b22-9+. The van der Waals surface area contributed by atoms with Crippen molar-refractivity contribution in [2.24, 2.45) is 5.10 Å². The summed E-state index contributed by atoms with van der Waals surface area (Å²) in [6, 6.07) is 12.5. The van der Waals surface area contributed by atoms with Crippen LogP contribution in [0, 0.1) is 5.82 Å². The molecule has 0 atom stereocenters. The van der Waals surface area contributed by atoms with Crippen molar-refractivity contribution in [3.05, 3.63) is 82.9 Å². The van der Waals surface area contributed by atoms with E-state index >= 15 is 0 Å². The molecule has 0 aliphatic carbocycles. The molecule has 2 aromatic carbocycles. The summed E-state index contributed by atoms with van der Waals surface area (Å²) in [6.07, 6.45) is 4.13. The number of pyridine rings is 1. The van der Waals surface area contributed by atoms with E-state index in [1.165, 1.54) is 41.7 Å². The summed E-state index contributed by atoms with van der Waals surface area (Å²) in [5.41, 5.74) is -0.290. The van der Waals surface area contributed by atoms with Crippen molar-refractivity contribution in [2.75, 3.05) is 0 Å². The van der Waals surface area contributed by atoms with Crippen LogP contribution in [-0.4, -0.2) is 30.8 Å². The maximum absolute atomic E-state index is 14.3. The maximum atomic E-state index is 14.3. The number of rotatable bonds is 3. The molecule has 0 spiro atoms. The smallest absolute Gasteiger partial charge is 0.265 e. The fraction of sp³-hybridized carbons (Fsp3) is 0. The first kappa shape index (κ1) is 15.7. The molecule has 4 rings (SSSR count). The fourth-order valence-corrected chi connectivity index (χ4v) is 2.73. The number of benzene rings is 2. The van der Waals surface area contributed by atoms with E-state index in [2.05, 4.69) is 15.3 Å². The van der Waals surface area contributed by atoms with E-state index < -0.39 is 17.3 Å². The Morgan fingerprint density at radius 2 is 1.65 bits per heavy atom. The monoisotopic (exact) mass is 349 g/mol. The first-order valence-corrected chi connectivity index (χ1v) is 7.67. The number of hydrogen-bond acceptors (Lipinski definition) is 5. The van der Waals surface area contributed by atoms with Gasteiger partial charge in [-0.3, -0.25) is 4.79 Å². The van der Waals surface area contributed by atoms with E-state index in [9.17, 15) is 14.3 Å². The van der Waals surface area contributed by atoms with Crippen LogP contribution in [0.3, 0.4) is 0 Å². The Labute approximate surface area is 146 Å². The van der Waals surface area contributed by atoms with Gasteiger partial charge in [0.05, 0.1) is 17.5 Å². The van der Waals surface area contributed by atoms with Gasteiger partial charge < -0.3 is 5.11 Å². The number of fused-ring (bicyclic) bond motifs is 1. The summed E-state index contributed by atoms with van der Waals surface area (Å²) < 4.78 is 16.5. The predicted molar refractivity (Wildman–Crippen MR) is 94.2 cm³/mol. The van der Waals surface area contributed by atoms with E-state index in [1.54, 1.807) is 30.3 Å². The van der Waals surface area contributed by atoms with Crippen LogP contribution >= 0.6 is 0 Å². The van der Waals surface area contributed by atoms with Gasteiger partial charge >= 0.3 is 0 Å². The minimum absolute atomic E-state index is 0.0419. The molecule has 0 amide bonds. The summed E-state index contributed by atoms with van der Waals surface area (Å²) in [5, 5.41) is 23.0. The number of para-hydroxylation sites is 1. The van der Waals surface area contributed by atoms with Crippen LogP contribution in [0.15, 0.2) is 71.1 Å². The molecule has 0 unspecified atom stereocenters. The Balaban J connectivity index is 2.05. The lowest BCUT2D eigenvalue weighted by Gasteiger charge is -2.14. The number of aromatic hydroxyl groups is 1. The van der Waals surface area contributed by atoms with Gasteiger partial charge in [0.2, 0.25) is 5.88 Å². The lowest BCUT2D eigenvalue weighted by atomic mass is 10.1. The number of halogens is 1. The van der Waals surface area contributed by atoms with E-state index in [-0.39, 0.29) is 11.3 Å². The van der Waals surface area contributed by atoms with E-state index in [0.717, 1.165) is 4.57 Å². The van der Waals surface area contributed by atoms with Crippen molar-refractivity contribution in [2.45, 2.75) is 0 Å². The molecule has 0 radical (unpaired) electrons. The van der Waals surface area contributed by atoms with Gasteiger partial charge in [-0.2, -0.15) is 5.10 Å². The average molecular weight is 349 g/mol. The molecule has 0 bridgehead atoms. The molecule has 0 aliphatic rings. The molecule has 8 heteroatoms. The van der Waals surface area contributed by atoms with Gasteiger partial charge in [0.15, 0.2) is 0 Å². The third-order valence-corrected chi connectivity index (χ3v) is 3.92. The van der Waals surface area contributed by atoms with Crippen molar-refractivity contribution in [1.82, 2.24) is 19.4 Å². The van der Waals surface area contributed by atoms with Crippen LogP contribution in [0.2, 0.25) is 0 Å². The van der Waals surface area contributed by atoms with Crippen LogP contribution in [0.25, 0.3) is 16.5 Å². The van der Waals surface area contributed by atoms with Crippen LogP contribution in [0.5, 0.6) is 5.88 Å². The highest BCUT2D eigenvalue weighted by atomic mass is 19.1. The molecular weight excluding hydrogens is 337 g/mol.